The molecule has 0 bridgehead atoms. The van der Waals surface area contributed by atoms with Crippen LogP contribution < -0.4 is 10.0 Å². The maximum Gasteiger partial charge on any atom is 0.407 e. The van der Waals surface area contributed by atoms with Crippen LogP contribution in [0.5, 0.6) is 0 Å². The van der Waals surface area contributed by atoms with Crippen molar-refractivity contribution in [3.05, 3.63) is 35.6 Å². The molecule has 1 unspecified atom stereocenters. The first-order valence-electron chi connectivity index (χ1n) is 7.87. The first-order valence-corrected chi connectivity index (χ1v) is 9.52. The number of nitrogens with one attached hydrogen (secondary N) is 2. The van der Waals surface area contributed by atoms with Crippen molar-refractivity contribution in [3.63, 3.8) is 0 Å². The van der Waals surface area contributed by atoms with Gasteiger partial charge in [0.05, 0.1) is 12.4 Å². The number of benzene rings is 1. The molecule has 0 aliphatic carbocycles. The average Bonchev–Trinajstić information content (AvgIpc) is 2.47. The van der Waals surface area contributed by atoms with E-state index in [0.717, 1.165) is 0 Å². The third-order valence-electron chi connectivity index (χ3n) is 3.21. The summed E-state index contributed by atoms with van der Waals surface area (Å²) in [6.45, 7) is 5.88. The second-order valence-corrected chi connectivity index (χ2v) is 7.70. The highest BCUT2D eigenvalue weighted by Crippen LogP contribution is 2.10. The van der Waals surface area contributed by atoms with E-state index in [0.29, 0.717) is 6.42 Å². The summed E-state index contributed by atoms with van der Waals surface area (Å²) in [6.07, 6.45) is -0.00226. The maximum absolute atomic E-state index is 13.6. The molecule has 6 nitrogen and oxygen atoms in total. The van der Waals surface area contributed by atoms with Gasteiger partial charge in [-0.25, -0.2) is 22.3 Å². The molecule has 0 fully saturated rings. The van der Waals surface area contributed by atoms with Crippen LogP contribution in [0.3, 0.4) is 0 Å². The van der Waals surface area contributed by atoms with E-state index in [-0.39, 0.29) is 24.6 Å². The van der Waals surface area contributed by atoms with Gasteiger partial charge in [-0.1, -0.05) is 32.0 Å². The molecule has 136 valence electrons. The third-order valence-corrected chi connectivity index (χ3v) is 4.50. The van der Waals surface area contributed by atoms with E-state index in [1.807, 2.05) is 13.8 Å². The van der Waals surface area contributed by atoms with E-state index < -0.39 is 33.7 Å². The Bertz CT molecular complexity index is 635. The fourth-order valence-corrected chi connectivity index (χ4v) is 3.40. The van der Waals surface area contributed by atoms with E-state index in [2.05, 4.69) is 10.0 Å². The minimum Gasteiger partial charge on any atom is -0.450 e. The van der Waals surface area contributed by atoms with Gasteiger partial charge in [0.25, 0.3) is 0 Å². The SMILES string of the molecule is CCOC(=O)NC(CNS(=O)(=O)Cc1ccccc1F)CC(C)C. The standard InChI is InChI=1S/C16H25FN2O4S/c1-4-23-16(20)19-14(9-12(2)3)10-18-24(21,22)11-13-7-5-6-8-15(13)17/h5-8,12,14,18H,4,9-11H2,1-3H3,(H,19,20). The van der Waals surface area contributed by atoms with Crippen molar-refractivity contribution in [3.8, 4) is 0 Å². The van der Waals surface area contributed by atoms with Crippen LogP contribution in [0.2, 0.25) is 0 Å². The van der Waals surface area contributed by atoms with Gasteiger partial charge in [0.2, 0.25) is 10.0 Å². The van der Waals surface area contributed by atoms with Gasteiger partial charge in [-0.15, -0.1) is 0 Å². The molecule has 0 heterocycles. The van der Waals surface area contributed by atoms with Gasteiger partial charge >= 0.3 is 6.09 Å². The summed E-state index contributed by atoms with van der Waals surface area (Å²) < 4.78 is 45.1. The molecule has 0 aliphatic rings. The van der Waals surface area contributed by atoms with Crippen LogP contribution in [0.25, 0.3) is 0 Å². The summed E-state index contributed by atoms with van der Waals surface area (Å²) >= 11 is 0. The minimum atomic E-state index is -3.72. The molecule has 24 heavy (non-hydrogen) atoms. The fourth-order valence-electron chi connectivity index (χ4n) is 2.20. The van der Waals surface area contributed by atoms with E-state index in [1.165, 1.54) is 18.2 Å². The number of alkyl carbamates (subject to hydrolysis) is 1. The van der Waals surface area contributed by atoms with Gasteiger partial charge in [-0.2, -0.15) is 0 Å². The van der Waals surface area contributed by atoms with Crippen LogP contribution in [0.1, 0.15) is 32.8 Å². The lowest BCUT2D eigenvalue weighted by molar-refractivity contribution is 0.146. The average molecular weight is 360 g/mol. The topological polar surface area (TPSA) is 84.5 Å². The van der Waals surface area contributed by atoms with Gasteiger partial charge in [0.15, 0.2) is 0 Å². The highest BCUT2D eigenvalue weighted by atomic mass is 32.2. The van der Waals surface area contributed by atoms with Crippen molar-refractivity contribution in [1.29, 1.82) is 0 Å². The van der Waals surface area contributed by atoms with E-state index in [9.17, 15) is 17.6 Å². The van der Waals surface area contributed by atoms with Crippen LogP contribution in [-0.2, 0) is 20.5 Å². The molecule has 1 aromatic carbocycles. The zero-order valence-electron chi connectivity index (χ0n) is 14.2. The van der Waals surface area contributed by atoms with Gasteiger partial charge in [0.1, 0.15) is 5.82 Å². The summed E-state index contributed by atoms with van der Waals surface area (Å²) in [5, 5.41) is 2.63. The first-order chi connectivity index (χ1) is 11.2. The van der Waals surface area contributed by atoms with Crippen molar-refractivity contribution >= 4 is 16.1 Å². The molecule has 1 aromatic rings. The second kappa shape index (κ2) is 9.58. The molecule has 0 spiro atoms. The Morgan fingerprint density at radius 2 is 1.96 bits per heavy atom. The number of halogens is 1. The Morgan fingerprint density at radius 1 is 1.29 bits per heavy atom. The predicted molar refractivity (Wildman–Crippen MR) is 90.4 cm³/mol. The Kier molecular flexibility index (Phi) is 8.14. The molecular weight excluding hydrogens is 335 g/mol. The number of sulfonamides is 1. The van der Waals surface area contributed by atoms with Crippen LogP contribution in [0, 0.1) is 11.7 Å². The van der Waals surface area contributed by atoms with Crippen molar-refractivity contribution in [2.75, 3.05) is 13.2 Å². The van der Waals surface area contributed by atoms with E-state index >= 15 is 0 Å². The van der Waals surface area contributed by atoms with Gasteiger partial charge < -0.3 is 10.1 Å². The summed E-state index contributed by atoms with van der Waals surface area (Å²) in [6, 6.07) is 5.32. The second-order valence-electron chi connectivity index (χ2n) is 5.89. The quantitative estimate of drug-likeness (QED) is 0.708. The number of carbonyl (C=O) groups is 1. The van der Waals surface area contributed by atoms with E-state index in [4.69, 9.17) is 4.74 Å². The van der Waals surface area contributed by atoms with Gasteiger partial charge in [0, 0.05) is 18.2 Å². The molecule has 0 aliphatic heterocycles. The summed E-state index contributed by atoms with van der Waals surface area (Å²) in [4.78, 5) is 11.5. The van der Waals surface area contributed by atoms with E-state index in [1.54, 1.807) is 13.0 Å². The molecule has 8 heteroatoms. The Hall–Kier alpha value is -1.67. The molecule has 1 amide bonds. The lowest BCUT2D eigenvalue weighted by Gasteiger charge is -2.20. The zero-order valence-corrected chi connectivity index (χ0v) is 15.0. The molecule has 0 radical (unpaired) electrons. The number of amides is 1. The van der Waals surface area contributed by atoms with Crippen LogP contribution in [0.15, 0.2) is 24.3 Å². The van der Waals surface area contributed by atoms with Crippen LogP contribution >= 0.6 is 0 Å². The predicted octanol–water partition coefficient (Wildman–Crippen LogP) is 2.41. The normalized spacial score (nSPS) is 12.9. The lowest BCUT2D eigenvalue weighted by Crippen LogP contribution is -2.44. The number of carbonyl (C=O) groups excluding carboxylic acids is 1. The van der Waals surface area contributed by atoms with Crippen molar-refractivity contribution in [1.82, 2.24) is 10.0 Å². The summed E-state index contributed by atoms with van der Waals surface area (Å²) in [5.41, 5.74) is 0.101. The highest BCUT2D eigenvalue weighted by molar-refractivity contribution is 7.88. The van der Waals surface area contributed by atoms with Gasteiger partial charge in [-0.05, 0) is 25.3 Å². The monoisotopic (exact) mass is 360 g/mol. The molecule has 1 rings (SSSR count). The minimum absolute atomic E-state index is 0.0216. The number of rotatable bonds is 9. The number of hydrogen-bond donors (Lipinski definition) is 2. The van der Waals surface area contributed by atoms with Crippen LogP contribution in [0.4, 0.5) is 9.18 Å². The molecule has 0 saturated carbocycles. The molecule has 0 saturated heterocycles. The van der Waals surface area contributed by atoms with Gasteiger partial charge in [-0.3, -0.25) is 0 Å². The largest absolute Gasteiger partial charge is 0.450 e. The van der Waals surface area contributed by atoms with Crippen molar-refractivity contribution < 1.29 is 22.3 Å². The van der Waals surface area contributed by atoms with Crippen LogP contribution in [-0.4, -0.2) is 33.7 Å². The number of hydrogen-bond acceptors (Lipinski definition) is 4. The molecular formula is C16H25FN2O4S. The fraction of sp³-hybridized carbons (Fsp3) is 0.562. The Balaban J connectivity index is 2.66. The summed E-state index contributed by atoms with van der Waals surface area (Å²) in [5.74, 6) is -0.757. The maximum atomic E-state index is 13.6. The molecule has 2 N–H and O–H groups in total. The smallest absolute Gasteiger partial charge is 0.407 e. The molecule has 1 atom stereocenters. The van der Waals surface area contributed by atoms with Crippen molar-refractivity contribution in [2.24, 2.45) is 5.92 Å². The Morgan fingerprint density at radius 3 is 2.54 bits per heavy atom. The Labute approximate surface area is 142 Å². The summed E-state index contributed by atoms with van der Waals surface area (Å²) in [7, 11) is -3.72. The van der Waals surface area contributed by atoms with Crippen molar-refractivity contribution in [2.45, 2.75) is 39.0 Å². The zero-order chi connectivity index (χ0) is 18.2. The first kappa shape index (κ1) is 20.4. The molecule has 0 aromatic heterocycles. The number of ether oxygens (including phenoxy) is 1. The third kappa shape index (κ3) is 7.74. The highest BCUT2D eigenvalue weighted by Gasteiger charge is 2.19. The lowest BCUT2D eigenvalue weighted by atomic mass is 10.0.